The van der Waals surface area contributed by atoms with Gasteiger partial charge < -0.3 is 5.32 Å². The Bertz CT molecular complexity index is 1270. The van der Waals surface area contributed by atoms with E-state index in [1.165, 1.54) is 12.1 Å². The topological polar surface area (TPSA) is 104 Å². The maximum atomic E-state index is 12.5. The van der Waals surface area contributed by atoms with Crippen LogP contribution in [0, 0.1) is 6.92 Å². The van der Waals surface area contributed by atoms with E-state index in [4.69, 9.17) is 12.2 Å². The van der Waals surface area contributed by atoms with Gasteiger partial charge in [-0.2, -0.15) is 0 Å². The summed E-state index contributed by atoms with van der Waals surface area (Å²) in [5.41, 5.74) is 2.44. The van der Waals surface area contributed by atoms with E-state index in [1.54, 1.807) is 60.7 Å². The van der Waals surface area contributed by atoms with Gasteiger partial charge in [0.25, 0.3) is 10.0 Å². The number of nitrogens with one attached hydrogen (secondary N) is 3. The number of anilines is 1. The van der Waals surface area contributed by atoms with Crippen LogP contribution in [0.25, 0.3) is 0 Å². The Labute approximate surface area is 194 Å². The second-order valence-electron chi connectivity index (χ2n) is 7.03. The van der Waals surface area contributed by atoms with Crippen molar-refractivity contribution in [3.05, 3.63) is 90.0 Å². The monoisotopic (exact) mass is 489 g/mol. The van der Waals surface area contributed by atoms with E-state index in [1.807, 2.05) is 13.0 Å². The zero-order valence-corrected chi connectivity index (χ0v) is 19.7. The van der Waals surface area contributed by atoms with Crippen LogP contribution >= 0.6 is 12.2 Å². The van der Waals surface area contributed by atoms with Crippen molar-refractivity contribution in [3.63, 3.8) is 0 Å². The standard InChI is InChI=1S/C22H23N3O4S3/c1-17-7-11-20(12-8-17)31(26,27)23-16-15-18-9-13-21(14-10-18)32(28,29)25-22(30)24-19-5-3-2-4-6-19/h2-14,23H,15-16H2,1H3,(H2,24,25,30). The van der Waals surface area contributed by atoms with Gasteiger partial charge in [-0.25, -0.2) is 21.6 Å². The molecule has 10 heteroatoms. The third-order valence-corrected chi connectivity index (χ3v) is 7.71. The molecular formula is C22H23N3O4S3. The van der Waals surface area contributed by atoms with Crippen LogP contribution < -0.4 is 14.8 Å². The maximum Gasteiger partial charge on any atom is 0.263 e. The van der Waals surface area contributed by atoms with Crippen LogP contribution in [0.3, 0.4) is 0 Å². The summed E-state index contributed by atoms with van der Waals surface area (Å²) in [5.74, 6) is 0. The van der Waals surface area contributed by atoms with Crippen molar-refractivity contribution in [1.82, 2.24) is 9.44 Å². The lowest BCUT2D eigenvalue weighted by atomic mass is 10.2. The first-order valence-electron chi connectivity index (χ1n) is 9.70. The second-order valence-corrected chi connectivity index (χ2v) is 10.9. The van der Waals surface area contributed by atoms with Crippen molar-refractivity contribution < 1.29 is 16.8 Å². The molecule has 3 aromatic carbocycles. The van der Waals surface area contributed by atoms with Crippen LogP contribution in [0.4, 0.5) is 5.69 Å². The summed E-state index contributed by atoms with van der Waals surface area (Å²) in [7, 11) is -7.44. The molecule has 3 N–H and O–H groups in total. The normalized spacial score (nSPS) is 11.7. The first-order valence-corrected chi connectivity index (χ1v) is 13.1. The summed E-state index contributed by atoms with van der Waals surface area (Å²) in [4.78, 5) is 0.259. The average molecular weight is 490 g/mol. The first kappa shape index (κ1) is 23.9. The van der Waals surface area contributed by atoms with Gasteiger partial charge in [0.1, 0.15) is 0 Å². The molecule has 32 heavy (non-hydrogen) atoms. The van der Waals surface area contributed by atoms with Gasteiger partial charge in [-0.3, -0.25) is 4.72 Å². The second kappa shape index (κ2) is 10.2. The van der Waals surface area contributed by atoms with Crippen molar-refractivity contribution in [3.8, 4) is 0 Å². The Hall–Kier alpha value is -2.79. The van der Waals surface area contributed by atoms with E-state index >= 15 is 0 Å². The number of aryl methyl sites for hydroxylation is 1. The molecular weight excluding hydrogens is 466 g/mol. The molecule has 0 aliphatic rings. The lowest BCUT2D eigenvalue weighted by Gasteiger charge is -2.12. The summed E-state index contributed by atoms with van der Waals surface area (Å²) < 4.78 is 54.6. The molecule has 0 spiro atoms. The molecule has 3 aromatic rings. The summed E-state index contributed by atoms with van der Waals surface area (Å²) in [5, 5.41) is 2.78. The highest BCUT2D eigenvalue weighted by molar-refractivity contribution is 7.92. The summed E-state index contributed by atoms with van der Waals surface area (Å²) in [6, 6.07) is 21.8. The number of para-hydroxylation sites is 1. The highest BCUT2D eigenvalue weighted by atomic mass is 32.2. The minimum absolute atomic E-state index is 0.0363. The van der Waals surface area contributed by atoms with Crippen LogP contribution in [0.2, 0.25) is 0 Å². The molecule has 0 aliphatic carbocycles. The molecule has 0 saturated carbocycles. The lowest BCUT2D eigenvalue weighted by molar-refractivity contribution is 0.581. The van der Waals surface area contributed by atoms with Gasteiger partial charge in [0, 0.05) is 12.2 Å². The zero-order valence-electron chi connectivity index (χ0n) is 17.3. The van der Waals surface area contributed by atoms with Gasteiger partial charge >= 0.3 is 0 Å². The Morgan fingerprint density at radius 3 is 1.97 bits per heavy atom. The van der Waals surface area contributed by atoms with Crippen LogP contribution in [-0.2, 0) is 26.5 Å². The van der Waals surface area contributed by atoms with Gasteiger partial charge in [0.05, 0.1) is 9.79 Å². The number of hydrogen-bond acceptors (Lipinski definition) is 5. The summed E-state index contributed by atoms with van der Waals surface area (Å²) in [6.07, 6.45) is 0.410. The van der Waals surface area contributed by atoms with E-state index in [0.717, 1.165) is 11.1 Å². The van der Waals surface area contributed by atoms with Crippen LogP contribution in [0.5, 0.6) is 0 Å². The molecule has 0 unspecified atom stereocenters. The average Bonchev–Trinajstić information content (AvgIpc) is 2.74. The van der Waals surface area contributed by atoms with Crippen molar-refractivity contribution in [1.29, 1.82) is 0 Å². The molecule has 3 rings (SSSR count). The molecule has 0 aromatic heterocycles. The first-order chi connectivity index (χ1) is 15.2. The number of sulfonamides is 2. The minimum atomic E-state index is -3.84. The maximum absolute atomic E-state index is 12.5. The third-order valence-electron chi connectivity index (χ3n) is 4.53. The quantitative estimate of drug-likeness (QED) is 0.420. The van der Waals surface area contributed by atoms with Crippen molar-refractivity contribution in [2.75, 3.05) is 11.9 Å². The van der Waals surface area contributed by atoms with Crippen LogP contribution in [0.1, 0.15) is 11.1 Å². The molecule has 0 amide bonds. The molecule has 0 fully saturated rings. The van der Waals surface area contributed by atoms with Crippen molar-refractivity contribution >= 4 is 43.1 Å². The fraction of sp³-hybridized carbons (Fsp3) is 0.136. The predicted molar refractivity (Wildman–Crippen MR) is 129 cm³/mol. The van der Waals surface area contributed by atoms with Crippen molar-refractivity contribution in [2.45, 2.75) is 23.1 Å². The molecule has 0 saturated heterocycles. The SMILES string of the molecule is Cc1ccc(S(=O)(=O)NCCc2ccc(S(=O)(=O)NC(=S)Nc3ccccc3)cc2)cc1. The number of thiocarbonyl (C=S) groups is 1. The Kier molecular flexibility index (Phi) is 7.62. The van der Waals surface area contributed by atoms with Gasteiger partial charge in [-0.15, -0.1) is 0 Å². The molecule has 0 atom stereocenters. The molecule has 168 valence electrons. The van der Waals surface area contributed by atoms with Gasteiger partial charge in [-0.05, 0) is 67.5 Å². The minimum Gasteiger partial charge on any atom is -0.332 e. The molecule has 0 bridgehead atoms. The van der Waals surface area contributed by atoms with E-state index in [-0.39, 0.29) is 21.4 Å². The number of benzene rings is 3. The molecule has 7 nitrogen and oxygen atoms in total. The number of hydrogen-bond donors (Lipinski definition) is 3. The van der Waals surface area contributed by atoms with Gasteiger partial charge in [-0.1, -0.05) is 48.0 Å². The van der Waals surface area contributed by atoms with Gasteiger partial charge in [0.15, 0.2) is 5.11 Å². The lowest BCUT2D eigenvalue weighted by Crippen LogP contribution is -2.34. The number of rotatable bonds is 8. The molecule has 0 radical (unpaired) electrons. The molecule has 0 aliphatic heterocycles. The van der Waals surface area contributed by atoms with Crippen molar-refractivity contribution in [2.24, 2.45) is 0 Å². The highest BCUT2D eigenvalue weighted by Crippen LogP contribution is 2.13. The molecule has 0 heterocycles. The fourth-order valence-corrected chi connectivity index (χ4v) is 5.21. The van der Waals surface area contributed by atoms with E-state index in [2.05, 4.69) is 14.8 Å². The largest absolute Gasteiger partial charge is 0.332 e. The van der Waals surface area contributed by atoms with E-state index < -0.39 is 20.0 Å². The summed E-state index contributed by atoms with van der Waals surface area (Å²) in [6.45, 7) is 2.07. The Balaban J connectivity index is 1.55. The fourth-order valence-electron chi connectivity index (χ4n) is 2.82. The highest BCUT2D eigenvalue weighted by Gasteiger charge is 2.16. The van der Waals surface area contributed by atoms with Crippen LogP contribution in [-0.4, -0.2) is 28.5 Å². The third kappa shape index (κ3) is 6.60. The predicted octanol–water partition coefficient (Wildman–Crippen LogP) is 3.19. The zero-order chi connectivity index (χ0) is 23.2. The Morgan fingerprint density at radius 1 is 0.781 bits per heavy atom. The van der Waals surface area contributed by atoms with E-state index in [9.17, 15) is 16.8 Å². The van der Waals surface area contributed by atoms with E-state index in [0.29, 0.717) is 12.1 Å². The Morgan fingerprint density at radius 2 is 1.34 bits per heavy atom. The summed E-state index contributed by atoms with van der Waals surface area (Å²) >= 11 is 5.08. The smallest absolute Gasteiger partial charge is 0.263 e. The van der Waals surface area contributed by atoms with Crippen LogP contribution in [0.15, 0.2) is 88.7 Å². The van der Waals surface area contributed by atoms with Gasteiger partial charge in [0.2, 0.25) is 10.0 Å².